The fourth-order valence-electron chi connectivity index (χ4n) is 1.30. The lowest BCUT2D eigenvalue weighted by Gasteiger charge is -2.10. The molecule has 0 bridgehead atoms. The van der Waals surface area contributed by atoms with E-state index in [-0.39, 0.29) is 0 Å². The zero-order valence-corrected chi connectivity index (χ0v) is 13.7. The molecule has 78 valence electrons. The fourth-order valence-corrected chi connectivity index (χ4v) is 4.32. The maximum atomic E-state index is 3.74. The lowest BCUT2D eigenvalue weighted by molar-refractivity contribution is 1.20. The van der Waals surface area contributed by atoms with Crippen LogP contribution in [0.25, 0.3) is 0 Å². The average Bonchev–Trinajstić information content (AvgIpc) is 2.74. The van der Waals surface area contributed by atoms with E-state index in [1.807, 2.05) is 0 Å². The van der Waals surface area contributed by atoms with Gasteiger partial charge in [0.25, 0.3) is 0 Å². The highest BCUT2D eigenvalue weighted by atomic mass is 127. The molecule has 0 spiro atoms. The molecule has 2 rings (SSSR count). The van der Waals surface area contributed by atoms with Crippen molar-refractivity contribution in [1.29, 1.82) is 0 Å². The largest absolute Gasteiger partial charge is 0.147 e. The number of halogens is 3. The Kier molecular flexibility index (Phi) is 4.26. The van der Waals surface area contributed by atoms with Gasteiger partial charge < -0.3 is 0 Å². The van der Waals surface area contributed by atoms with Gasteiger partial charge >= 0.3 is 0 Å². The summed E-state index contributed by atoms with van der Waals surface area (Å²) in [5.74, 6) is 0. The van der Waals surface area contributed by atoms with E-state index < -0.39 is 0 Å². The summed E-state index contributed by atoms with van der Waals surface area (Å²) in [6.07, 6.45) is 0. The van der Waals surface area contributed by atoms with Gasteiger partial charge in [-0.05, 0) is 57.8 Å². The molecule has 2 aromatic rings. The van der Waals surface area contributed by atoms with Gasteiger partial charge in [-0.2, -0.15) is 0 Å². The van der Waals surface area contributed by atoms with Crippen molar-refractivity contribution in [3.05, 3.63) is 54.2 Å². The molecule has 1 aromatic carbocycles. The van der Waals surface area contributed by atoms with E-state index in [4.69, 9.17) is 0 Å². The predicted octanol–water partition coefficient (Wildman–Crippen LogP) is 5.60. The third-order valence-corrected chi connectivity index (χ3v) is 5.73. The molecule has 0 radical (unpaired) electrons. The van der Waals surface area contributed by atoms with Crippen LogP contribution in [0.2, 0.25) is 0 Å². The Morgan fingerprint density at radius 2 is 2.07 bits per heavy atom. The summed E-state index contributed by atoms with van der Waals surface area (Å²) >= 11 is 11.4. The summed E-state index contributed by atoms with van der Waals surface area (Å²) < 4.78 is 2.41. The van der Waals surface area contributed by atoms with Gasteiger partial charge in [0, 0.05) is 12.9 Å². The van der Waals surface area contributed by atoms with Crippen LogP contribution < -0.4 is 0 Å². The SMILES string of the molecule is Brc1ccc(I)c(C(Br)c2cccs2)c1. The maximum Gasteiger partial charge on any atom is 0.0748 e. The predicted molar refractivity (Wildman–Crippen MR) is 81.9 cm³/mol. The summed E-state index contributed by atoms with van der Waals surface area (Å²) in [7, 11) is 0. The number of rotatable bonds is 2. The first-order chi connectivity index (χ1) is 7.18. The highest BCUT2D eigenvalue weighted by Gasteiger charge is 2.14. The van der Waals surface area contributed by atoms with Crippen molar-refractivity contribution in [2.24, 2.45) is 0 Å². The molecule has 0 aliphatic rings. The fraction of sp³-hybridized carbons (Fsp3) is 0.0909. The molecule has 1 unspecified atom stereocenters. The molecule has 0 amide bonds. The second kappa shape index (κ2) is 5.29. The normalized spacial score (nSPS) is 12.7. The molecule has 0 aliphatic heterocycles. The maximum absolute atomic E-state index is 3.74. The summed E-state index contributed by atoms with van der Waals surface area (Å²) in [6.45, 7) is 0. The van der Waals surface area contributed by atoms with Crippen molar-refractivity contribution in [3.8, 4) is 0 Å². The number of alkyl halides is 1. The van der Waals surface area contributed by atoms with E-state index in [1.54, 1.807) is 11.3 Å². The minimum absolute atomic E-state index is 0.293. The Bertz CT molecular complexity index is 454. The minimum Gasteiger partial charge on any atom is -0.147 e. The summed E-state index contributed by atoms with van der Waals surface area (Å²) in [5.41, 5.74) is 1.31. The molecule has 1 heterocycles. The van der Waals surface area contributed by atoms with Gasteiger partial charge in [-0.15, -0.1) is 11.3 Å². The van der Waals surface area contributed by atoms with Gasteiger partial charge in [0.1, 0.15) is 0 Å². The number of thiophene rings is 1. The molecule has 0 N–H and O–H groups in total. The number of hydrogen-bond donors (Lipinski definition) is 0. The molecular weight excluding hydrogens is 451 g/mol. The number of benzene rings is 1. The van der Waals surface area contributed by atoms with Crippen LogP contribution in [0, 0.1) is 3.57 Å². The Hall–Kier alpha value is 0.610. The second-order valence-electron chi connectivity index (χ2n) is 3.04. The first kappa shape index (κ1) is 12.1. The first-order valence-corrected chi connectivity index (χ1v) is 7.97. The molecule has 1 aromatic heterocycles. The van der Waals surface area contributed by atoms with E-state index in [0.717, 1.165) is 4.47 Å². The summed E-state index contributed by atoms with van der Waals surface area (Å²) in [5, 5.41) is 2.11. The van der Waals surface area contributed by atoms with Crippen LogP contribution in [0.1, 0.15) is 15.3 Å². The monoisotopic (exact) mass is 456 g/mol. The van der Waals surface area contributed by atoms with Gasteiger partial charge in [-0.3, -0.25) is 0 Å². The van der Waals surface area contributed by atoms with Crippen LogP contribution in [0.4, 0.5) is 0 Å². The summed E-state index contributed by atoms with van der Waals surface area (Å²) in [6, 6.07) is 10.6. The van der Waals surface area contributed by atoms with Crippen LogP contribution >= 0.6 is 65.8 Å². The van der Waals surface area contributed by atoms with Crippen molar-refractivity contribution in [2.75, 3.05) is 0 Å². The van der Waals surface area contributed by atoms with Crippen molar-refractivity contribution in [1.82, 2.24) is 0 Å². The van der Waals surface area contributed by atoms with E-state index in [9.17, 15) is 0 Å². The highest BCUT2D eigenvalue weighted by Crippen LogP contribution is 2.37. The van der Waals surface area contributed by atoms with Gasteiger partial charge in [0.2, 0.25) is 0 Å². The Morgan fingerprint density at radius 1 is 1.27 bits per heavy atom. The van der Waals surface area contributed by atoms with Gasteiger partial charge in [0.15, 0.2) is 0 Å². The van der Waals surface area contributed by atoms with E-state index in [2.05, 4.69) is 90.2 Å². The molecule has 1 atom stereocenters. The Labute approximate surface area is 123 Å². The van der Waals surface area contributed by atoms with Crippen LogP contribution in [-0.2, 0) is 0 Å². The Balaban J connectivity index is 2.41. The minimum atomic E-state index is 0.293. The standard InChI is InChI=1S/C11H7Br2IS/c12-7-3-4-9(14)8(6-7)11(13)10-2-1-5-15-10/h1-6,11H. The molecule has 0 nitrogen and oxygen atoms in total. The second-order valence-corrected chi connectivity index (χ2v) is 7.02. The quantitative estimate of drug-likeness (QED) is 0.407. The first-order valence-electron chi connectivity index (χ1n) is 4.31. The molecule has 4 heteroatoms. The van der Waals surface area contributed by atoms with Crippen LogP contribution in [0.15, 0.2) is 40.2 Å². The summed E-state index contributed by atoms with van der Waals surface area (Å²) in [4.78, 5) is 1.63. The lowest BCUT2D eigenvalue weighted by Crippen LogP contribution is -1.93. The van der Waals surface area contributed by atoms with Gasteiger partial charge in [-0.1, -0.05) is 37.9 Å². The van der Waals surface area contributed by atoms with Crippen LogP contribution in [0.5, 0.6) is 0 Å². The zero-order chi connectivity index (χ0) is 10.8. The average molecular weight is 458 g/mol. The van der Waals surface area contributed by atoms with E-state index >= 15 is 0 Å². The lowest BCUT2D eigenvalue weighted by atomic mass is 10.1. The van der Waals surface area contributed by atoms with Crippen LogP contribution in [-0.4, -0.2) is 0 Å². The molecule has 0 saturated heterocycles. The molecule has 0 saturated carbocycles. The van der Waals surface area contributed by atoms with Crippen LogP contribution in [0.3, 0.4) is 0 Å². The van der Waals surface area contributed by atoms with Gasteiger partial charge in [0.05, 0.1) is 4.83 Å². The smallest absolute Gasteiger partial charge is 0.0748 e. The van der Waals surface area contributed by atoms with Gasteiger partial charge in [-0.25, -0.2) is 0 Å². The Morgan fingerprint density at radius 3 is 2.73 bits per heavy atom. The molecule has 0 fully saturated rings. The van der Waals surface area contributed by atoms with Crippen molar-refractivity contribution in [3.63, 3.8) is 0 Å². The molecular formula is C11H7Br2IS. The third kappa shape index (κ3) is 2.84. The van der Waals surface area contributed by atoms with Crippen molar-refractivity contribution >= 4 is 65.8 Å². The highest BCUT2D eigenvalue weighted by molar-refractivity contribution is 14.1. The van der Waals surface area contributed by atoms with E-state index in [0.29, 0.717) is 4.83 Å². The third-order valence-electron chi connectivity index (χ3n) is 2.02. The topological polar surface area (TPSA) is 0 Å². The number of hydrogen-bond acceptors (Lipinski definition) is 1. The molecule has 15 heavy (non-hydrogen) atoms. The van der Waals surface area contributed by atoms with Crippen molar-refractivity contribution < 1.29 is 0 Å². The zero-order valence-electron chi connectivity index (χ0n) is 7.58. The van der Waals surface area contributed by atoms with Crippen molar-refractivity contribution in [2.45, 2.75) is 4.83 Å². The van der Waals surface area contributed by atoms with E-state index in [1.165, 1.54) is 14.0 Å². The molecule has 0 aliphatic carbocycles.